The molecule has 7 heteroatoms. The molecule has 1 fully saturated rings. The molecule has 2 aliphatic rings. The number of piperazine rings is 1. The number of benzene rings is 3. The summed E-state index contributed by atoms with van der Waals surface area (Å²) in [6, 6.07) is 24.9. The number of fused-ring (bicyclic) bond motifs is 1. The zero-order valence-corrected chi connectivity index (χ0v) is 19.3. The number of hydrogen-bond donors (Lipinski definition) is 0. The number of rotatable bonds is 5. The van der Waals surface area contributed by atoms with E-state index < -0.39 is 11.8 Å². The largest absolute Gasteiger partial charge is 0.339 e. The summed E-state index contributed by atoms with van der Waals surface area (Å²) in [5, 5.41) is 0.694. The van der Waals surface area contributed by atoms with Crippen LogP contribution in [-0.2, 0) is 4.79 Å². The van der Waals surface area contributed by atoms with Gasteiger partial charge < -0.3 is 4.90 Å². The van der Waals surface area contributed by atoms with E-state index >= 15 is 0 Å². The van der Waals surface area contributed by atoms with Crippen LogP contribution in [0.4, 0.5) is 0 Å². The molecule has 0 aromatic heterocycles. The molecule has 5 rings (SSSR count). The van der Waals surface area contributed by atoms with Crippen molar-refractivity contribution in [2.75, 3.05) is 32.7 Å². The second-order valence-corrected chi connectivity index (χ2v) is 8.96. The van der Waals surface area contributed by atoms with Gasteiger partial charge in [0.05, 0.1) is 17.2 Å². The summed E-state index contributed by atoms with van der Waals surface area (Å²) in [4.78, 5) is 43.4. The molecular formula is C27H24ClN3O3. The molecule has 1 saturated heterocycles. The third kappa shape index (κ3) is 4.22. The molecule has 0 spiro atoms. The van der Waals surface area contributed by atoms with E-state index in [1.165, 1.54) is 5.56 Å². The van der Waals surface area contributed by atoms with E-state index in [-0.39, 0.29) is 18.5 Å². The summed E-state index contributed by atoms with van der Waals surface area (Å²) in [6.45, 7) is 2.18. The van der Waals surface area contributed by atoms with Crippen molar-refractivity contribution in [1.82, 2.24) is 14.7 Å². The Labute approximate surface area is 203 Å². The lowest BCUT2D eigenvalue weighted by molar-refractivity contribution is -0.133. The van der Waals surface area contributed by atoms with Crippen molar-refractivity contribution in [1.29, 1.82) is 0 Å². The zero-order chi connectivity index (χ0) is 23.7. The highest BCUT2D eigenvalue weighted by Crippen LogP contribution is 2.30. The molecule has 0 radical (unpaired) electrons. The maximum Gasteiger partial charge on any atom is 0.262 e. The third-order valence-corrected chi connectivity index (χ3v) is 6.76. The van der Waals surface area contributed by atoms with E-state index in [9.17, 15) is 14.4 Å². The number of nitrogens with zero attached hydrogens (tertiary/aromatic N) is 3. The van der Waals surface area contributed by atoms with Crippen LogP contribution in [0.15, 0.2) is 78.9 Å². The van der Waals surface area contributed by atoms with E-state index in [2.05, 4.69) is 17.0 Å². The van der Waals surface area contributed by atoms with Crippen LogP contribution in [0.2, 0.25) is 5.02 Å². The number of imide groups is 1. The molecule has 3 aromatic rings. The van der Waals surface area contributed by atoms with Crippen molar-refractivity contribution in [3.63, 3.8) is 0 Å². The summed E-state index contributed by atoms with van der Waals surface area (Å²) < 4.78 is 0. The first-order valence-electron chi connectivity index (χ1n) is 11.3. The van der Waals surface area contributed by atoms with E-state index in [4.69, 9.17) is 11.6 Å². The van der Waals surface area contributed by atoms with Gasteiger partial charge in [0, 0.05) is 31.2 Å². The fourth-order valence-electron chi connectivity index (χ4n) is 4.74. The van der Waals surface area contributed by atoms with Gasteiger partial charge >= 0.3 is 0 Å². The maximum absolute atomic E-state index is 13.0. The van der Waals surface area contributed by atoms with Crippen LogP contribution in [0.3, 0.4) is 0 Å². The molecule has 0 N–H and O–H groups in total. The summed E-state index contributed by atoms with van der Waals surface area (Å²) in [5.74, 6) is -1.02. The normalized spacial score (nSPS) is 17.1. The predicted octanol–water partition coefficient (Wildman–Crippen LogP) is 3.87. The number of halogens is 1. The molecule has 0 bridgehead atoms. The van der Waals surface area contributed by atoms with E-state index in [0.29, 0.717) is 42.3 Å². The molecular weight excluding hydrogens is 450 g/mol. The van der Waals surface area contributed by atoms with Crippen molar-refractivity contribution < 1.29 is 14.4 Å². The molecule has 0 saturated carbocycles. The van der Waals surface area contributed by atoms with Crippen LogP contribution in [0, 0.1) is 0 Å². The Hall–Kier alpha value is -3.48. The summed E-state index contributed by atoms with van der Waals surface area (Å²) >= 11 is 6.11. The fraction of sp³-hybridized carbons (Fsp3) is 0.222. The molecule has 1 atom stereocenters. The summed E-state index contributed by atoms with van der Waals surface area (Å²) in [6.07, 6.45) is 0. The first-order chi connectivity index (χ1) is 16.5. The average Bonchev–Trinajstić information content (AvgIpc) is 3.11. The monoisotopic (exact) mass is 473 g/mol. The quantitative estimate of drug-likeness (QED) is 0.528. The van der Waals surface area contributed by atoms with Gasteiger partial charge in [0.25, 0.3) is 11.8 Å². The maximum atomic E-state index is 13.0. The van der Waals surface area contributed by atoms with Gasteiger partial charge in [-0.2, -0.15) is 0 Å². The van der Waals surface area contributed by atoms with E-state index in [0.717, 1.165) is 10.5 Å². The molecule has 34 heavy (non-hydrogen) atoms. The number of carbonyl (C=O) groups is 3. The minimum atomic E-state index is -0.403. The minimum Gasteiger partial charge on any atom is -0.339 e. The van der Waals surface area contributed by atoms with Gasteiger partial charge in [-0.3, -0.25) is 24.2 Å². The summed E-state index contributed by atoms with van der Waals surface area (Å²) in [5.41, 5.74) is 3.04. The zero-order valence-electron chi connectivity index (χ0n) is 18.6. The SMILES string of the molecule is O=C(CN1C(=O)c2ccccc2C1=O)N1CCN([C@H](c2ccccc2)c2ccc(Cl)cc2)CC1. The van der Waals surface area contributed by atoms with Crippen molar-refractivity contribution >= 4 is 29.3 Å². The average molecular weight is 474 g/mol. The van der Waals surface area contributed by atoms with Gasteiger partial charge in [0.2, 0.25) is 5.91 Å². The van der Waals surface area contributed by atoms with Crippen LogP contribution in [0.1, 0.15) is 37.9 Å². The molecule has 2 heterocycles. The fourth-order valence-corrected chi connectivity index (χ4v) is 4.87. The Morgan fingerprint density at radius 1 is 0.735 bits per heavy atom. The first-order valence-corrected chi connectivity index (χ1v) is 11.7. The lowest BCUT2D eigenvalue weighted by atomic mass is 9.96. The number of amides is 3. The highest BCUT2D eigenvalue weighted by molar-refractivity contribution is 6.30. The Bertz CT molecular complexity index is 1190. The molecule has 0 unspecified atom stereocenters. The van der Waals surface area contributed by atoms with Crippen molar-refractivity contribution in [2.45, 2.75) is 6.04 Å². The molecule has 3 aromatic carbocycles. The van der Waals surface area contributed by atoms with Gasteiger partial charge in [0.15, 0.2) is 0 Å². The molecule has 6 nitrogen and oxygen atoms in total. The molecule has 0 aliphatic carbocycles. The Morgan fingerprint density at radius 2 is 1.26 bits per heavy atom. The molecule has 3 amide bonds. The van der Waals surface area contributed by atoms with Crippen LogP contribution in [-0.4, -0.2) is 65.1 Å². The Balaban J connectivity index is 1.27. The highest BCUT2D eigenvalue weighted by atomic mass is 35.5. The first kappa shape index (κ1) is 22.3. The number of carbonyl (C=O) groups excluding carboxylic acids is 3. The molecule has 172 valence electrons. The number of hydrogen-bond acceptors (Lipinski definition) is 4. The molecule has 2 aliphatic heterocycles. The smallest absolute Gasteiger partial charge is 0.262 e. The van der Waals surface area contributed by atoms with Crippen LogP contribution >= 0.6 is 11.6 Å². The van der Waals surface area contributed by atoms with Crippen molar-refractivity contribution in [2.24, 2.45) is 0 Å². The second kappa shape index (κ2) is 9.41. The Morgan fingerprint density at radius 3 is 1.85 bits per heavy atom. The standard InChI is InChI=1S/C27H24ClN3O3/c28-21-12-10-20(11-13-21)25(19-6-2-1-3-7-19)30-16-14-29(15-17-30)24(32)18-31-26(33)22-8-4-5-9-23(22)27(31)34/h1-13,25H,14-18H2/t25-/m1/s1. The van der Waals surface area contributed by atoms with Crippen LogP contribution in [0.5, 0.6) is 0 Å². The lowest BCUT2D eigenvalue weighted by Gasteiger charge is -2.40. The van der Waals surface area contributed by atoms with Crippen LogP contribution in [0.25, 0.3) is 0 Å². The third-order valence-electron chi connectivity index (χ3n) is 6.50. The van der Waals surface area contributed by atoms with E-state index in [1.54, 1.807) is 29.2 Å². The minimum absolute atomic E-state index is 0.0481. The topological polar surface area (TPSA) is 60.9 Å². The highest BCUT2D eigenvalue weighted by Gasteiger charge is 2.37. The second-order valence-electron chi connectivity index (χ2n) is 8.52. The van der Waals surface area contributed by atoms with Crippen molar-refractivity contribution in [3.05, 3.63) is 106 Å². The lowest BCUT2D eigenvalue weighted by Crippen LogP contribution is -2.52. The van der Waals surface area contributed by atoms with Gasteiger partial charge in [-0.1, -0.05) is 66.2 Å². The van der Waals surface area contributed by atoms with Gasteiger partial charge in [-0.15, -0.1) is 0 Å². The van der Waals surface area contributed by atoms with E-state index in [1.807, 2.05) is 42.5 Å². The summed E-state index contributed by atoms with van der Waals surface area (Å²) in [7, 11) is 0. The van der Waals surface area contributed by atoms with Gasteiger partial charge in [-0.25, -0.2) is 0 Å². The predicted molar refractivity (Wildman–Crippen MR) is 130 cm³/mol. The van der Waals surface area contributed by atoms with Crippen LogP contribution < -0.4 is 0 Å². The van der Waals surface area contributed by atoms with Crippen molar-refractivity contribution in [3.8, 4) is 0 Å². The van der Waals surface area contributed by atoms with Gasteiger partial charge in [0.1, 0.15) is 6.54 Å². The van der Waals surface area contributed by atoms with Gasteiger partial charge in [-0.05, 0) is 35.4 Å². The Kier molecular flexibility index (Phi) is 6.18.